The van der Waals surface area contributed by atoms with E-state index in [0.29, 0.717) is 5.39 Å². The predicted molar refractivity (Wildman–Crippen MR) is 108 cm³/mol. The standard InChI is InChI=1S/C22H20F4N2O3/c1-2-11-10-21(31,22(24,25)26)19(14-6-7-15(23)18(29)17(11)14)28-16-5-3-4-13-12(16)8-9-27-20(13)30/h3-9,11,19,28-29,31H,2,10H2,1H3,(H,27,30)/t11-,19+,21-/m1/s1. The van der Waals surface area contributed by atoms with Gasteiger partial charge in [0.05, 0.1) is 6.04 Å². The van der Waals surface area contributed by atoms with Crippen molar-refractivity contribution in [3.8, 4) is 5.75 Å². The van der Waals surface area contributed by atoms with E-state index in [1.807, 2.05) is 0 Å². The molecule has 1 heterocycles. The van der Waals surface area contributed by atoms with Crippen molar-refractivity contribution in [1.82, 2.24) is 4.98 Å². The fraction of sp³-hybridized carbons (Fsp3) is 0.318. The van der Waals surface area contributed by atoms with Crippen molar-refractivity contribution < 1.29 is 27.8 Å². The molecule has 0 saturated heterocycles. The Labute approximate surface area is 174 Å². The van der Waals surface area contributed by atoms with E-state index in [4.69, 9.17) is 0 Å². The number of aromatic amines is 1. The molecule has 0 fully saturated rings. The highest BCUT2D eigenvalue weighted by Crippen LogP contribution is 2.55. The topological polar surface area (TPSA) is 85.4 Å². The van der Waals surface area contributed by atoms with E-state index in [2.05, 4.69) is 10.3 Å². The fourth-order valence-corrected chi connectivity index (χ4v) is 4.46. The Bertz CT molecular complexity index is 1210. The van der Waals surface area contributed by atoms with Gasteiger partial charge in [0.25, 0.3) is 5.56 Å². The van der Waals surface area contributed by atoms with Crippen LogP contribution in [0.5, 0.6) is 5.75 Å². The summed E-state index contributed by atoms with van der Waals surface area (Å²) in [6, 6.07) is 6.36. The molecule has 5 nitrogen and oxygen atoms in total. The molecule has 0 radical (unpaired) electrons. The average Bonchev–Trinajstić information content (AvgIpc) is 2.72. The summed E-state index contributed by atoms with van der Waals surface area (Å²) in [6.07, 6.45) is -4.23. The number of phenols is 1. The van der Waals surface area contributed by atoms with Gasteiger partial charge in [-0.3, -0.25) is 4.79 Å². The van der Waals surface area contributed by atoms with Crippen LogP contribution in [0.4, 0.5) is 23.2 Å². The number of fused-ring (bicyclic) bond motifs is 2. The van der Waals surface area contributed by atoms with Crippen LogP contribution in [0.2, 0.25) is 0 Å². The Hall–Kier alpha value is -3.07. The first-order valence-electron chi connectivity index (χ1n) is 9.75. The van der Waals surface area contributed by atoms with Crippen LogP contribution in [0.1, 0.15) is 42.9 Å². The van der Waals surface area contributed by atoms with Gasteiger partial charge in [-0.15, -0.1) is 0 Å². The first kappa shape index (κ1) is 21.2. The molecule has 0 amide bonds. The normalized spacial score (nSPS) is 23.5. The second-order valence-corrected chi connectivity index (χ2v) is 7.78. The molecule has 0 spiro atoms. The molecular weight excluding hydrogens is 416 g/mol. The molecule has 1 aromatic heterocycles. The molecule has 0 unspecified atom stereocenters. The lowest BCUT2D eigenvalue weighted by Gasteiger charge is -2.45. The summed E-state index contributed by atoms with van der Waals surface area (Å²) < 4.78 is 56.5. The minimum atomic E-state index is -5.01. The minimum absolute atomic E-state index is 0.0429. The van der Waals surface area contributed by atoms with Gasteiger partial charge in [-0.1, -0.05) is 19.1 Å². The van der Waals surface area contributed by atoms with Crippen molar-refractivity contribution >= 4 is 16.5 Å². The summed E-state index contributed by atoms with van der Waals surface area (Å²) in [7, 11) is 0. The van der Waals surface area contributed by atoms with Crippen LogP contribution < -0.4 is 10.9 Å². The van der Waals surface area contributed by atoms with E-state index >= 15 is 0 Å². The van der Waals surface area contributed by atoms with Crippen LogP contribution in [-0.4, -0.2) is 27.0 Å². The molecule has 0 bridgehead atoms. The quantitative estimate of drug-likeness (QED) is 0.448. The molecule has 3 aromatic rings. The summed E-state index contributed by atoms with van der Waals surface area (Å²) in [6.45, 7) is 1.61. The summed E-state index contributed by atoms with van der Waals surface area (Å²) in [5.41, 5.74) is -3.40. The number of anilines is 1. The Morgan fingerprint density at radius 1 is 1.19 bits per heavy atom. The lowest BCUT2D eigenvalue weighted by molar-refractivity contribution is -0.272. The molecule has 9 heteroatoms. The molecule has 31 heavy (non-hydrogen) atoms. The molecule has 2 aromatic carbocycles. The van der Waals surface area contributed by atoms with Crippen molar-refractivity contribution in [1.29, 1.82) is 0 Å². The SMILES string of the molecule is CC[C@@H]1C[C@](O)(C(F)(F)F)[C@@H](Nc2cccc3c(=O)[nH]ccc23)c2ccc(F)c(O)c21. The van der Waals surface area contributed by atoms with Crippen LogP contribution in [-0.2, 0) is 0 Å². The maximum Gasteiger partial charge on any atom is 0.419 e. The number of aromatic hydroxyl groups is 1. The van der Waals surface area contributed by atoms with Gasteiger partial charge in [-0.05, 0) is 48.6 Å². The van der Waals surface area contributed by atoms with E-state index in [1.165, 1.54) is 30.5 Å². The van der Waals surface area contributed by atoms with Crippen LogP contribution in [0, 0.1) is 5.82 Å². The van der Waals surface area contributed by atoms with Crippen LogP contribution in [0.15, 0.2) is 47.4 Å². The fourth-order valence-electron chi connectivity index (χ4n) is 4.46. The number of hydrogen-bond acceptors (Lipinski definition) is 4. The summed E-state index contributed by atoms with van der Waals surface area (Å²) in [5, 5.41) is 24.6. The maximum atomic E-state index is 14.2. The highest BCUT2D eigenvalue weighted by molar-refractivity contribution is 5.93. The number of phenolic OH excluding ortho intramolecular Hbond substituents is 1. The molecular formula is C22H20F4N2O3. The van der Waals surface area contributed by atoms with Gasteiger partial charge in [-0.25, -0.2) is 4.39 Å². The Kier molecular flexibility index (Phi) is 4.96. The van der Waals surface area contributed by atoms with Gasteiger partial charge in [0.1, 0.15) is 0 Å². The van der Waals surface area contributed by atoms with Gasteiger partial charge in [0.15, 0.2) is 17.2 Å². The first-order valence-corrected chi connectivity index (χ1v) is 9.75. The van der Waals surface area contributed by atoms with Crippen molar-refractivity contribution in [2.24, 2.45) is 0 Å². The van der Waals surface area contributed by atoms with Crippen LogP contribution in [0.3, 0.4) is 0 Å². The van der Waals surface area contributed by atoms with Crippen molar-refractivity contribution in [3.63, 3.8) is 0 Å². The second kappa shape index (κ2) is 7.26. The Morgan fingerprint density at radius 3 is 2.61 bits per heavy atom. The van der Waals surface area contributed by atoms with Gasteiger partial charge < -0.3 is 20.5 Å². The number of aromatic nitrogens is 1. The van der Waals surface area contributed by atoms with Crippen molar-refractivity contribution in [2.75, 3.05) is 5.32 Å². The second-order valence-electron chi connectivity index (χ2n) is 7.78. The lowest BCUT2D eigenvalue weighted by atomic mass is 9.69. The molecule has 1 aliphatic carbocycles. The number of H-pyrrole nitrogens is 1. The number of halogens is 4. The van der Waals surface area contributed by atoms with Gasteiger partial charge in [0, 0.05) is 28.2 Å². The lowest BCUT2D eigenvalue weighted by Crippen LogP contribution is -2.55. The highest BCUT2D eigenvalue weighted by Gasteiger charge is 2.62. The molecule has 164 valence electrons. The third-order valence-corrected chi connectivity index (χ3v) is 6.05. The average molecular weight is 436 g/mol. The predicted octanol–water partition coefficient (Wildman–Crippen LogP) is 4.72. The highest BCUT2D eigenvalue weighted by atomic mass is 19.4. The van der Waals surface area contributed by atoms with E-state index in [0.717, 1.165) is 12.1 Å². The zero-order valence-corrected chi connectivity index (χ0v) is 16.4. The van der Waals surface area contributed by atoms with Gasteiger partial charge in [0.2, 0.25) is 0 Å². The van der Waals surface area contributed by atoms with E-state index in [9.17, 15) is 32.6 Å². The van der Waals surface area contributed by atoms with E-state index in [-0.39, 0.29) is 28.6 Å². The largest absolute Gasteiger partial charge is 0.505 e. The molecule has 0 saturated carbocycles. The zero-order valence-electron chi connectivity index (χ0n) is 16.4. The number of rotatable bonds is 3. The number of aliphatic hydroxyl groups is 1. The summed E-state index contributed by atoms with van der Waals surface area (Å²) in [5.74, 6) is -2.55. The van der Waals surface area contributed by atoms with Crippen LogP contribution >= 0.6 is 0 Å². The third-order valence-electron chi connectivity index (χ3n) is 6.05. The molecule has 4 rings (SSSR count). The molecule has 4 N–H and O–H groups in total. The third kappa shape index (κ3) is 3.23. The van der Waals surface area contributed by atoms with E-state index in [1.54, 1.807) is 6.92 Å². The number of benzene rings is 2. The van der Waals surface area contributed by atoms with Crippen molar-refractivity contribution in [2.45, 2.75) is 43.5 Å². The summed E-state index contributed by atoms with van der Waals surface area (Å²) in [4.78, 5) is 14.6. The smallest absolute Gasteiger partial charge is 0.419 e. The van der Waals surface area contributed by atoms with Crippen LogP contribution in [0.25, 0.3) is 10.8 Å². The molecule has 1 aliphatic rings. The zero-order chi connectivity index (χ0) is 22.6. The molecule has 0 aliphatic heterocycles. The number of pyridine rings is 1. The minimum Gasteiger partial charge on any atom is -0.505 e. The Morgan fingerprint density at radius 2 is 1.94 bits per heavy atom. The van der Waals surface area contributed by atoms with Gasteiger partial charge >= 0.3 is 6.18 Å². The Balaban J connectivity index is 1.95. The van der Waals surface area contributed by atoms with E-state index < -0.39 is 47.3 Å². The van der Waals surface area contributed by atoms with Crippen molar-refractivity contribution in [3.05, 3.63) is 69.9 Å². The summed E-state index contributed by atoms with van der Waals surface area (Å²) >= 11 is 0. The maximum absolute atomic E-state index is 14.2. The number of alkyl halides is 3. The number of hydrogen-bond donors (Lipinski definition) is 4. The number of nitrogens with one attached hydrogen (secondary N) is 2. The van der Waals surface area contributed by atoms with Gasteiger partial charge in [-0.2, -0.15) is 13.2 Å². The molecule has 3 atom stereocenters. The monoisotopic (exact) mass is 436 g/mol. The first-order chi connectivity index (χ1) is 14.6.